The van der Waals surface area contributed by atoms with Gasteiger partial charge in [0.15, 0.2) is 5.96 Å². The van der Waals surface area contributed by atoms with Crippen molar-refractivity contribution in [1.29, 1.82) is 0 Å². The van der Waals surface area contributed by atoms with E-state index in [0.717, 1.165) is 30.4 Å². The number of hydrogen-bond donors (Lipinski definition) is 1. The van der Waals surface area contributed by atoms with E-state index in [9.17, 15) is 8.42 Å². The van der Waals surface area contributed by atoms with E-state index in [1.54, 1.807) is 24.5 Å². The first-order chi connectivity index (χ1) is 13.9. The number of nitrogens with zero attached hydrogens (tertiary/aromatic N) is 5. The number of aliphatic imine (C=N–C) groups is 1. The Labute approximate surface area is 199 Å². The van der Waals surface area contributed by atoms with Gasteiger partial charge in [0, 0.05) is 57.1 Å². The number of piperazine rings is 1. The average Bonchev–Trinajstić information content (AvgIpc) is 3.34. The molecule has 2 aromatic rings. The average molecular weight is 569 g/mol. The molecular weight excluding hydrogens is 539 g/mol. The number of hydrogen-bond acceptors (Lipinski definition) is 7. The second-order valence-corrected chi connectivity index (χ2v) is 10.1. The van der Waals surface area contributed by atoms with E-state index in [1.165, 1.54) is 21.1 Å². The molecule has 1 saturated heterocycles. The zero-order valence-corrected chi connectivity index (χ0v) is 21.5. The minimum atomic E-state index is -3.40. The van der Waals surface area contributed by atoms with Gasteiger partial charge in [0.1, 0.15) is 12.0 Å². The van der Waals surface area contributed by atoms with E-state index in [1.807, 2.05) is 0 Å². The van der Waals surface area contributed by atoms with Gasteiger partial charge in [-0.2, -0.15) is 4.31 Å². The molecule has 0 spiro atoms. The summed E-state index contributed by atoms with van der Waals surface area (Å²) in [6.07, 6.45) is 3.19. The van der Waals surface area contributed by atoms with Crippen LogP contribution in [0.2, 0.25) is 0 Å². The van der Waals surface area contributed by atoms with E-state index in [0.29, 0.717) is 31.9 Å². The number of nitrogens with one attached hydrogen (secondary N) is 1. The fourth-order valence-electron chi connectivity index (χ4n) is 3.30. The molecule has 0 aliphatic carbocycles. The molecule has 2 aromatic heterocycles. The van der Waals surface area contributed by atoms with Crippen molar-refractivity contribution in [2.75, 3.05) is 39.8 Å². The number of aryl methyl sites for hydroxylation is 2. The SMILES string of the molecule is CCc1nc(CCNC(=NC)N2CCN(S(=O)(=O)Cc3ccon3)CC2)sc1C.I. The summed E-state index contributed by atoms with van der Waals surface area (Å²) < 4.78 is 31.3. The quantitative estimate of drug-likeness (QED) is 0.309. The first kappa shape index (κ1) is 25.0. The van der Waals surface area contributed by atoms with Crippen molar-refractivity contribution in [1.82, 2.24) is 24.7 Å². The third-order valence-corrected chi connectivity index (χ3v) is 7.74. The minimum Gasteiger partial charge on any atom is -0.364 e. The van der Waals surface area contributed by atoms with E-state index in [4.69, 9.17) is 4.52 Å². The minimum absolute atomic E-state index is 0. The number of rotatable bonds is 7. The van der Waals surface area contributed by atoms with Crippen LogP contribution < -0.4 is 5.32 Å². The number of guanidine groups is 1. The fraction of sp³-hybridized carbons (Fsp3) is 0.611. The number of thiazole rings is 1. The van der Waals surface area contributed by atoms with E-state index in [2.05, 4.69) is 39.2 Å². The predicted molar refractivity (Wildman–Crippen MR) is 129 cm³/mol. The molecule has 12 heteroatoms. The highest BCUT2D eigenvalue weighted by Crippen LogP contribution is 2.18. The van der Waals surface area contributed by atoms with Crippen molar-refractivity contribution in [3.8, 4) is 0 Å². The first-order valence-electron chi connectivity index (χ1n) is 9.70. The molecule has 3 heterocycles. The van der Waals surface area contributed by atoms with Gasteiger partial charge in [0.25, 0.3) is 0 Å². The Morgan fingerprint density at radius 2 is 2.07 bits per heavy atom. The summed E-state index contributed by atoms with van der Waals surface area (Å²) in [5.41, 5.74) is 1.60. The Kier molecular flexibility index (Phi) is 9.50. The maximum absolute atomic E-state index is 12.6. The van der Waals surface area contributed by atoms with Crippen LogP contribution in [0.25, 0.3) is 0 Å². The molecule has 0 bridgehead atoms. The van der Waals surface area contributed by atoms with Crippen molar-refractivity contribution in [3.05, 3.63) is 33.6 Å². The molecule has 0 unspecified atom stereocenters. The molecule has 9 nitrogen and oxygen atoms in total. The first-order valence-corrected chi connectivity index (χ1v) is 12.1. The maximum atomic E-state index is 12.6. The Bertz CT molecular complexity index is 922. The summed E-state index contributed by atoms with van der Waals surface area (Å²) in [5.74, 6) is 0.659. The van der Waals surface area contributed by atoms with Crippen LogP contribution in [-0.4, -0.2) is 73.5 Å². The van der Waals surface area contributed by atoms with Crippen LogP contribution in [0.5, 0.6) is 0 Å². The lowest BCUT2D eigenvalue weighted by Gasteiger charge is -2.35. The lowest BCUT2D eigenvalue weighted by Crippen LogP contribution is -2.54. The Balaban J connectivity index is 0.00000320. The van der Waals surface area contributed by atoms with Crippen molar-refractivity contribution in [3.63, 3.8) is 0 Å². The lowest BCUT2D eigenvalue weighted by atomic mass is 10.3. The zero-order chi connectivity index (χ0) is 20.9. The lowest BCUT2D eigenvalue weighted by molar-refractivity contribution is 0.260. The van der Waals surface area contributed by atoms with Crippen LogP contribution in [0.3, 0.4) is 0 Å². The molecule has 1 N–H and O–H groups in total. The highest BCUT2D eigenvalue weighted by atomic mass is 127. The molecule has 1 fully saturated rings. The smallest absolute Gasteiger partial charge is 0.220 e. The summed E-state index contributed by atoms with van der Waals surface area (Å²) in [5, 5.41) is 8.21. The van der Waals surface area contributed by atoms with Crippen molar-refractivity contribution in [2.45, 2.75) is 32.4 Å². The molecule has 0 radical (unpaired) electrons. The van der Waals surface area contributed by atoms with Gasteiger partial charge >= 0.3 is 0 Å². The van der Waals surface area contributed by atoms with Crippen LogP contribution in [0.15, 0.2) is 21.8 Å². The van der Waals surface area contributed by atoms with Gasteiger partial charge in [0.2, 0.25) is 10.0 Å². The molecule has 168 valence electrons. The summed E-state index contributed by atoms with van der Waals surface area (Å²) in [7, 11) is -1.65. The van der Waals surface area contributed by atoms with E-state index >= 15 is 0 Å². The topological polar surface area (TPSA) is 104 Å². The highest BCUT2D eigenvalue weighted by molar-refractivity contribution is 14.0. The monoisotopic (exact) mass is 568 g/mol. The zero-order valence-electron chi connectivity index (χ0n) is 17.5. The molecule has 0 amide bonds. The summed E-state index contributed by atoms with van der Waals surface area (Å²) in [6.45, 7) is 7.01. The summed E-state index contributed by atoms with van der Waals surface area (Å²) >= 11 is 1.75. The van der Waals surface area contributed by atoms with Gasteiger partial charge in [0.05, 0.1) is 16.4 Å². The van der Waals surface area contributed by atoms with Gasteiger partial charge in [-0.15, -0.1) is 35.3 Å². The van der Waals surface area contributed by atoms with Crippen molar-refractivity contribution < 1.29 is 12.9 Å². The largest absolute Gasteiger partial charge is 0.364 e. The van der Waals surface area contributed by atoms with Crippen LogP contribution >= 0.6 is 35.3 Å². The Hall–Kier alpha value is -1.25. The molecule has 0 saturated carbocycles. The molecule has 0 aromatic carbocycles. The second kappa shape index (κ2) is 11.4. The molecule has 0 atom stereocenters. The van der Waals surface area contributed by atoms with Crippen LogP contribution in [0.4, 0.5) is 0 Å². The van der Waals surface area contributed by atoms with E-state index in [-0.39, 0.29) is 29.7 Å². The Morgan fingerprint density at radius 1 is 1.33 bits per heavy atom. The van der Waals surface area contributed by atoms with E-state index < -0.39 is 10.0 Å². The second-order valence-electron chi connectivity index (χ2n) is 6.82. The third kappa shape index (κ3) is 6.37. The van der Waals surface area contributed by atoms with Gasteiger partial charge in [-0.1, -0.05) is 12.1 Å². The normalized spacial score (nSPS) is 15.8. The predicted octanol–water partition coefficient (Wildman–Crippen LogP) is 1.89. The number of halogens is 1. The molecule has 1 aliphatic heterocycles. The molecule has 3 rings (SSSR count). The standard InChI is InChI=1S/C18H28N6O3S2.HI/c1-4-16-14(2)28-17(21-16)5-7-20-18(19-3)23-8-10-24(11-9-23)29(25,26)13-15-6-12-27-22-15;/h6,12H,4-5,7-11,13H2,1-3H3,(H,19,20);1H. The van der Waals surface area contributed by atoms with Crippen LogP contribution in [0.1, 0.15) is 28.2 Å². The van der Waals surface area contributed by atoms with Crippen molar-refractivity contribution >= 4 is 51.3 Å². The van der Waals surface area contributed by atoms with Gasteiger partial charge in [-0.3, -0.25) is 4.99 Å². The molecule has 30 heavy (non-hydrogen) atoms. The fourth-order valence-corrected chi connectivity index (χ4v) is 5.75. The number of sulfonamides is 1. The van der Waals surface area contributed by atoms with Gasteiger partial charge in [-0.05, 0) is 13.3 Å². The number of aromatic nitrogens is 2. The Morgan fingerprint density at radius 3 is 2.63 bits per heavy atom. The van der Waals surface area contributed by atoms with Crippen molar-refractivity contribution in [2.24, 2.45) is 4.99 Å². The maximum Gasteiger partial charge on any atom is 0.220 e. The van der Waals surface area contributed by atoms with Crippen LogP contribution in [0, 0.1) is 6.92 Å². The third-order valence-electron chi connectivity index (χ3n) is 4.86. The molecule has 1 aliphatic rings. The summed E-state index contributed by atoms with van der Waals surface area (Å²) in [4.78, 5) is 12.4. The highest BCUT2D eigenvalue weighted by Gasteiger charge is 2.28. The molecular formula is C18H29IN6O3S2. The summed E-state index contributed by atoms with van der Waals surface area (Å²) in [6, 6.07) is 1.58. The van der Waals surface area contributed by atoms with Gasteiger partial charge < -0.3 is 14.7 Å². The van der Waals surface area contributed by atoms with Gasteiger partial charge in [-0.25, -0.2) is 13.4 Å². The van der Waals surface area contributed by atoms with Crippen LogP contribution in [-0.2, 0) is 28.6 Å².